The number of allylic oxidation sites excluding steroid dienone is 1. The van der Waals surface area contributed by atoms with Crippen LogP contribution >= 0.6 is 11.8 Å². The molecule has 0 bridgehead atoms. The lowest BCUT2D eigenvalue weighted by atomic mass is 10.1. The average molecular weight is 412 g/mol. The highest BCUT2D eigenvalue weighted by molar-refractivity contribution is 8.04. The Morgan fingerprint density at radius 1 is 0.967 bits per heavy atom. The van der Waals surface area contributed by atoms with Crippen molar-refractivity contribution in [2.24, 2.45) is 0 Å². The number of ketones is 1. The molecule has 146 valence electrons. The molecular formula is C24H16N2O3S. The molecule has 2 heterocycles. The fourth-order valence-corrected chi connectivity index (χ4v) is 4.76. The van der Waals surface area contributed by atoms with E-state index < -0.39 is 4.92 Å². The second kappa shape index (κ2) is 7.31. The summed E-state index contributed by atoms with van der Waals surface area (Å²) in [6.45, 7) is 0.586. The van der Waals surface area contributed by atoms with Crippen molar-refractivity contribution in [3.63, 3.8) is 0 Å². The van der Waals surface area contributed by atoms with E-state index in [-0.39, 0.29) is 11.5 Å². The maximum absolute atomic E-state index is 12.8. The number of non-ortho nitro benzene ring substituents is 1. The Hall–Kier alpha value is -3.64. The first-order chi connectivity index (χ1) is 14.6. The van der Waals surface area contributed by atoms with Gasteiger partial charge in [-0.3, -0.25) is 14.9 Å². The second-order valence-electron chi connectivity index (χ2n) is 7.09. The number of hydrogen-bond acceptors (Lipinski definition) is 4. The maximum Gasteiger partial charge on any atom is 0.269 e. The molecule has 6 heteroatoms. The summed E-state index contributed by atoms with van der Waals surface area (Å²) in [6, 6.07) is 22.3. The van der Waals surface area contributed by atoms with Gasteiger partial charge in [-0.25, -0.2) is 0 Å². The fourth-order valence-electron chi connectivity index (χ4n) is 3.72. The van der Waals surface area contributed by atoms with E-state index in [9.17, 15) is 14.9 Å². The lowest BCUT2D eigenvalue weighted by molar-refractivity contribution is -0.384. The lowest BCUT2D eigenvalue weighted by Crippen LogP contribution is -1.98. The first-order valence-electron chi connectivity index (χ1n) is 9.44. The summed E-state index contributed by atoms with van der Waals surface area (Å²) in [4.78, 5) is 25.0. The number of rotatable bonds is 4. The average Bonchev–Trinajstić information content (AvgIpc) is 3.27. The molecular weight excluding hydrogens is 396 g/mol. The molecule has 5 rings (SSSR count). The van der Waals surface area contributed by atoms with Crippen molar-refractivity contribution in [2.45, 2.75) is 11.4 Å². The zero-order valence-electron chi connectivity index (χ0n) is 15.8. The Morgan fingerprint density at radius 2 is 1.70 bits per heavy atom. The summed E-state index contributed by atoms with van der Waals surface area (Å²) in [5.41, 5.74) is 3.84. The van der Waals surface area contributed by atoms with Crippen LogP contribution < -0.4 is 0 Å². The predicted molar refractivity (Wildman–Crippen MR) is 119 cm³/mol. The number of carbonyl (C=O) groups excluding carboxylic acids is 1. The van der Waals surface area contributed by atoms with Crippen LogP contribution in [0.2, 0.25) is 0 Å². The standard InChI is InChI=1S/C24H16N2O3S/c27-24-20-6-2-4-8-22(20)30-23(24)13-17-15-25(21-7-3-1-5-19(17)21)14-16-9-11-18(12-10-16)26(28)29/h1-13,15H,14H2/b23-13+. The molecule has 0 N–H and O–H groups in total. The molecule has 1 aromatic heterocycles. The van der Waals surface area contributed by atoms with Gasteiger partial charge in [-0.05, 0) is 29.8 Å². The van der Waals surface area contributed by atoms with Gasteiger partial charge >= 0.3 is 0 Å². The third-order valence-electron chi connectivity index (χ3n) is 5.18. The third-order valence-corrected chi connectivity index (χ3v) is 6.28. The highest BCUT2D eigenvalue weighted by Crippen LogP contribution is 2.41. The van der Waals surface area contributed by atoms with Crippen LogP contribution in [-0.2, 0) is 6.54 Å². The summed E-state index contributed by atoms with van der Waals surface area (Å²) < 4.78 is 2.11. The molecule has 0 unspecified atom stereocenters. The number of fused-ring (bicyclic) bond motifs is 2. The van der Waals surface area contributed by atoms with Crippen LogP contribution in [0, 0.1) is 10.1 Å². The molecule has 0 spiro atoms. The minimum absolute atomic E-state index is 0.0581. The SMILES string of the molecule is O=C1/C(=C\c2cn(Cc3ccc([N+](=O)[O-])cc3)c3ccccc23)Sc2ccccc21. The van der Waals surface area contributed by atoms with Gasteiger partial charge in [0.05, 0.1) is 9.83 Å². The maximum atomic E-state index is 12.8. The van der Waals surface area contributed by atoms with E-state index in [4.69, 9.17) is 0 Å². The zero-order valence-corrected chi connectivity index (χ0v) is 16.6. The molecule has 3 aromatic carbocycles. The Balaban J connectivity index is 1.52. The van der Waals surface area contributed by atoms with Crippen LogP contribution in [0.3, 0.4) is 0 Å². The smallest absolute Gasteiger partial charge is 0.269 e. The van der Waals surface area contributed by atoms with Crippen LogP contribution in [0.1, 0.15) is 21.5 Å². The first-order valence-corrected chi connectivity index (χ1v) is 10.3. The lowest BCUT2D eigenvalue weighted by Gasteiger charge is -2.05. The summed E-state index contributed by atoms with van der Waals surface area (Å²) in [5, 5.41) is 12.0. The van der Waals surface area contributed by atoms with Gasteiger partial charge in [0.25, 0.3) is 5.69 Å². The van der Waals surface area contributed by atoms with Gasteiger partial charge in [-0.2, -0.15) is 0 Å². The van der Waals surface area contributed by atoms with Crippen molar-refractivity contribution in [1.82, 2.24) is 4.57 Å². The molecule has 4 aromatic rings. The van der Waals surface area contributed by atoms with E-state index in [0.29, 0.717) is 6.54 Å². The molecule has 1 aliphatic heterocycles. The van der Waals surface area contributed by atoms with E-state index in [1.54, 1.807) is 12.1 Å². The molecule has 0 fully saturated rings. The number of aromatic nitrogens is 1. The highest BCUT2D eigenvalue weighted by Gasteiger charge is 2.25. The van der Waals surface area contributed by atoms with Crippen molar-refractivity contribution < 1.29 is 9.72 Å². The van der Waals surface area contributed by atoms with E-state index in [0.717, 1.165) is 37.4 Å². The monoisotopic (exact) mass is 412 g/mol. The molecule has 30 heavy (non-hydrogen) atoms. The van der Waals surface area contributed by atoms with E-state index in [1.807, 2.05) is 60.8 Å². The van der Waals surface area contributed by atoms with Gasteiger partial charge < -0.3 is 4.57 Å². The van der Waals surface area contributed by atoms with Gasteiger partial charge in [-0.1, -0.05) is 54.2 Å². The Morgan fingerprint density at radius 3 is 2.47 bits per heavy atom. The molecule has 0 aliphatic carbocycles. The zero-order chi connectivity index (χ0) is 20.7. The molecule has 0 saturated carbocycles. The summed E-state index contributed by atoms with van der Waals surface area (Å²) in [6.07, 6.45) is 4.00. The van der Waals surface area contributed by atoms with Crippen molar-refractivity contribution in [1.29, 1.82) is 0 Å². The summed E-state index contributed by atoms with van der Waals surface area (Å²) in [7, 11) is 0. The number of hydrogen-bond donors (Lipinski definition) is 0. The molecule has 0 amide bonds. The minimum atomic E-state index is -0.395. The van der Waals surface area contributed by atoms with Crippen LogP contribution in [0.25, 0.3) is 17.0 Å². The normalized spacial score (nSPS) is 14.4. The molecule has 0 atom stereocenters. The Labute approximate surface area is 176 Å². The first kappa shape index (κ1) is 18.4. The Bertz CT molecular complexity index is 1340. The molecule has 0 radical (unpaired) electrons. The number of nitro benzene ring substituents is 1. The van der Waals surface area contributed by atoms with E-state index in [1.165, 1.54) is 23.9 Å². The summed E-state index contributed by atoms with van der Waals surface area (Å²) >= 11 is 1.50. The van der Waals surface area contributed by atoms with Crippen molar-refractivity contribution in [2.75, 3.05) is 0 Å². The van der Waals surface area contributed by atoms with Crippen molar-refractivity contribution in [3.8, 4) is 0 Å². The number of nitrogens with zero attached hydrogens (tertiary/aromatic N) is 2. The van der Waals surface area contributed by atoms with Crippen LogP contribution in [0.4, 0.5) is 5.69 Å². The predicted octanol–water partition coefficient (Wildman–Crippen LogP) is 5.93. The molecule has 1 aliphatic rings. The molecule has 0 saturated heterocycles. The number of benzene rings is 3. The van der Waals surface area contributed by atoms with Crippen LogP contribution in [-0.4, -0.2) is 15.3 Å². The Kier molecular flexibility index (Phi) is 4.48. The van der Waals surface area contributed by atoms with Gasteiger partial charge in [-0.15, -0.1) is 0 Å². The number of carbonyl (C=O) groups is 1. The van der Waals surface area contributed by atoms with Crippen LogP contribution in [0.15, 0.2) is 88.8 Å². The largest absolute Gasteiger partial charge is 0.342 e. The van der Waals surface area contributed by atoms with Gasteiger partial charge in [0.15, 0.2) is 0 Å². The summed E-state index contributed by atoms with van der Waals surface area (Å²) in [5.74, 6) is 0.0581. The van der Waals surface area contributed by atoms with E-state index in [2.05, 4.69) is 4.57 Å². The number of thioether (sulfide) groups is 1. The quantitative estimate of drug-likeness (QED) is 0.237. The fraction of sp³-hybridized carbons (Fsp3) is 0.0417. The number of Topliss-reactive ketones (excluding diaryl/α,β-unsaturated/α-hetero) is 1. The topological polar surface area (TPSA) is 65.1 Å². The van der Waals surface area contributed by atoms with Gasteiger partial charge in [0.1, 0.15) is 0 Å². The van der Waals surface area contributed by atoms with Gasteiger partial charge in [0, 0.05) is 51.8 Å². The third kappa shape index (κ3) is 3.21. The second-order valence-corrected chi connectivity index (χ2v) is 8.17. The minimum Gasteiger partial charge on any atom is -0.342 e. The highest BCUT2D eigenvalue weighted by atomic mass is 32.2. The number of nitro groups is 1. The molecule has 5 nitrogen and oxygen atoms in total. The van der Waals surface area contributed by atoms with E-state index >= 15 is 0 Å². The van der Waals surface area contributed by atoms with Crippen LogP contribution in [0.5, 0.6) is 0 Å². The number of para-hydroxylation sites is 1. The van der Waals surface area contributed by atoms with Crippen molar-refractivity contribution in [3.05, 3.63) is 111 Å². The van der Waals surface area contributed by atoms with Gasteiger partial charge in [0.2, 0.25) is 5.78 Å². The van der Waals surface area contributed by atoms with Crippen molar-refractivity contribution >= 4 is 40.2 Å².